The number of aryl methyl sites for hydroxylation is 2. The fourth-order valence-electron chi connectivity index (χ4n) is 3.93. The number of rotatable bonds is 5. The Kier molecular flexibility index (Phi) is 5.02. The Bertz CT molecular complexity index is 1190. The maximum atomic E-state index is 13.8. The molecule has 1 aliphatic rings. The topological polar surface area (TPSA) is 92.6 Å². The normalized spacial score (nSPS) is 18.2. The molecule has 7 nitrogen and oxygen atoms in total. The van der Waals surface area contributed by atoms with E-state index >= 15 is 0 Å². The smallest absolute Gasteiger partial charge is 0.315 e. The number of nitrogens with one attached hydrogen (secondary N) is 1. The lowest BCUT2D eigenvalue weighted by Gasteiger charge is -2.28. The van der Waals surface area contributed by atoms with Crippen LogP contribution in [0.25, 0.3) is 0 Å². The Hall–Kier alpha value is -4.00. The molecule has 0 spiro atoms. The quantitative estimate of drug-likeness (QED) is 0.384. The standard InChI is InChI=1S/C24H21N3O4/c1-16-12-13-20(14-17(16)2)24(19-9-4-3-5-10-19)22(28)26(23(29)25-24)15-18-8-6-7-11-21(18)27(30)31/h3-14H,15H2,1-2H3,(H,25,29)/t24-/m1/s1. The predicted octanol–water partition coefficient (Wildman–Crippen LogP) is 4.21. The number of nitro groups is 1. The molecule has 1 N–H and O–H groups in total. The molecule has 31 heavy (non-hydrogen) atoms. The molecule has 0 saturated carbocycles. The molecule has 3 aromatic rings. The third kappa shape index (κ3) is 3.34. The average molecular weight is 415 g/mol. The van der Waals surface area contributed by atoms with Crippen molar-refractivity contribution >= 4 is 17.6 Å². The van der Waals surface area contributed by atoms with Crippen LogP contribution in [0, 0.1) is 24.0 Å². The summed E-state index contributed by atoms with van der Waals surface area (Å²) in [5, 5.41) is 14.3. The number of imide groups is 1. The SMILES string of the molecule is Cc1ccc([C@@]2(c3ccccc3)NC(=O)N(Cc3ccccc3[N+](=O)[O-])C2=O)cc1C. The van der Waals surface area contributed by atoms with Gasteiger partial charge < -0.3 is 5.32 Å². The van der Waals surface area contributed by atoms with Gasteiger partial charge in [-0.05, 0) is 36.1 Å². The van der Waals surface area contributed by atoms with Crippen LogP contribution in [0.1, 0.15) is 27.8 Å². The van der Waals surface area contributed by atoms with E-state index in [0.717, 1.165) is 16.0 Å². The molecule has 7 heteroatoms. The first-order valence-corrected chi connectivity index (χ1v) is 9.84. The van der Waals surface area contributed by atoms with Crippen LogP contribution in [0.5, 0.6) is 0 Å². The monoisotopic (exact) mass is 415 g/mol. The molecule has 156 valence electrons. The van der Waals surface area contributed by atoms with Crippen LogP contribution in [-0.2, 0) is 16.9 Å². The number of carbonyl (C=O) groups is 2. The minimum Gasteiger partial charge on any atom is -0.315 e. The van der Waals surface area contributed by atoms with Gasteiger partial charge in [0.15, 0.2) is 5.54 Å². The largest absolute Gasteiger partial charge is 0.325 e. The van der Waals surface area contributed by atoms with Crippen LogP contribution < -0.4 is 5.32 Å². The van der Waals surface area contributed by atoms with Crippen molar-refractivity contribution in [2.45, 2.75) is 25.9 Å². The van der Waals surface area contributed by atoms with Gasteiger partial charge in [-0.1, -0.05) is 66.7 Å². The van der Waals surface area contributed by atoms with Crippen LogP contribution in [0.4, 0.5) is 10.5 Å². The Morgan fingerprint density at radius 3 is 2.26 bits per heavy atom. The van der Waals surface area contributed by atoms with Crippen LogP contribution in [0.15, 0.2) is 72.8 Å². The van der Waals surface area contributed by atoms with E-state index in [1.807, 2.05) is 50.2 Å². The lowest BCUT2D eigenvalue weighted by Crippen LogP contribution is -2.45. The zero-order valence-corrected chi connectivity index (χ0v) is 17.2. The molecule has 3 aromatic carbocycles. The van der Waals surface area contributed by atoms with Crippen molar-refractivity contribution in [1.29, 1.82) is 0 Å². The van der Waals surface area contributed by atoms with E-state index in [9.17, 15) is 19.7 Å². The van der Waals surface area contributed by atoms with Crippen LogP contribution in [0.3, 0.4) is 0 Å². The van der Waals surface area contributed by atoms with Gasteiger partial charge in [0, 0.05) is 11.6 Å². The number of nitrogens with zero attached hydrogens (tertiary/aromatic N) is 2. The van der Waals surface area contributed by atoms with Crippen molar-refractivity contribution in [3.63, 3.8) is 0 Å². The lowest BCUT2D eigenvalue weighted by molar-refractivity contribution is -0.385. The molecule has 1 aliphatic heterocycles. The average Bonchev–Trinajstić information content (AvgIpc) is 3.02. The number of nitro benzene ring substituents is 1. The van der Waals surface area contributed by atoms with Crippen molar-refractivity contribution < 1.29 is 14.5 Å². The van der Waals surface area contributed by atoms with Crippen LogP contribution >= 0.6 is 0 Å². The van der Waals surface area contributed by atoms with E-state index in [4.69, 9.17) is 0 Å². The first-order chi connectivity index (χ1) is 14.8. The van der Waals surface area contributed by atoms with Gasteiger partial charge in [0.05, 0.1) is 11.5 Å². The fraction of sp³-hybridized carbons (Fsp3) is 0.167. The minimum absolute atomic E-state index is 0.133. The second kappa shape index (κ2) is 7.68. The van der Waals surface area contributed by atoms with E-state index in [0.29, 0.717) is 16.7 Å². The molecular weight excluding hydrogens is 394 g/mol. The van der Waals surface area contributed by atoms with Crippen molar-refractivity contribution in [2.24, 2.45) is 0 Å². The van der Waals surface area contributed by atoms with E-state index in [2.05, 4.69) is 5.32 Å². The third-order valence-corrected chi connectivity index (χ3v) is 5.77. The molecule has 0 bridgehead atoms. The van der Waals surface area contributed by atoms with Crippen molar-refractivity contribution in [3.8, 4) is 0 Å². The number of para-hydroxylation sites is 1. The van der Waals surface area contributed by atoms with Gasteiger partial charge in [-0.2, -0.15) is 0 Å². The van der Waals surface area contributed by atoms with E-state index in [1.54, 1.807) is 30.3 Å². The number of amides is 3. The zero-order valence-electron chi connectivity index (χ0n) is 17.2. The molecule has 1 atom stereocenters. The lowest BCUT2D eigenvalue weighted by atomic mass is 9.81. The van der Waals surface area contributed by atoms with Gasteiger partial charge in [-0.25, -0.2) is 4.79 Å². The predicted molar refractivity (Wildman–Crippen MR) is 115 cm³/mol. The number of hydrogen-bond acceptors (Lipinski definition) is 4. The van der Waals surface area contributed by atoms with Gasteiger partial charge in [-0.3, -0.25) is 19.8 Å². The summed E-state index contributed by atoms with van der Waals surface area (Å²) in [5.41, 5.74) is 2.09. The number of urea groups is 1. The van der Waals surface area contributed by atoms with Gasteiger partial charge >= 0.3 is 6.03 Å². The molecule has 0 radical (unpaired) electrons. The molecule has 0 aromatic heterocycles. The summed E-state index contributed by atoms with van der Waals surface area (Å²) in [4.78, 5) is 38.7. The van der Waals surface area contributed by atoms with E-state index in [-0.39, 0.29) is 12.2 Å². The molecule has 1 saturated heterocycles. The summed E-state index contributed by atoms with van der Waals surface area (Å²) in [7, 11) is 0. The Morgan fingerprint density at radius 2 is 1.58 bits per heavy atom. The Labute approximate surface area is 179 Å². The van der Waals surface area contributed by atoms with Gasteiger partial charge in [0.25, 0.3) is 11.6 Å². The fourth-order valence-corrected chi connectivity index (χ4v) is 3.93. The van der Waals surface area contributed by atoms with Gasteiger partial charge in [0.1, 0.15) is 0 Å². The van der Waals surface area contributed by atoms with Crippen LogP contribution in [-0.4, -0.2) is 21.8 Å². The highest BCUT2D eigenvalue weighted by atomic mass is 16.6. The summed E-state index contributed by atoms with van der Waals surface area (Å²) in [5.74, 6) is -0.467. The molecule has 3 amide bonds. The summed E-state index contributed by atoms with van der Waals surface area (Å²) in [6.45, 7) is 3.73. The Morgan fingerprint density at radius 1 is 0.903 bits per heavy atom. The maximum absolute atomic E-state index is 13.8. The first kappa shape index (κ1) is 20.3. The first-order valence-electron chi connectivity index (χ1n) is 9.84. The molecule has 4 rings (SSSR count). The maximum Gasteiger partial charge on any atom is 0.325 e. The van der Waals surface area contributed by atoms with E-state index in [1.165, 1.54) is 6.07 Å². The summed E-state index contributed by atoms with van der Waals surface area (Å²) in [6, 6.07) is 20.2. The van der Waals surface area contributed by atoms with Crippen molar-refractivity contribution in [2.75, 3.05) is 0 Å². The summed E-state index contributed by atoms with van der Waals surface area (Å²) in [6.07, 6.45) is 0. The Balaban J connectivity index is 1.83. The van der Waals surface area contributed by atoms with Gasteiger partial charge in [-0.15, -0.1) is 0 Å². The minimum atomic E-state index is -1.40. The number of hydrogen-bond donors (Lipinski definition) is 1. The third-order valence-electron chi connectivity index (χ3n) is 5.77. The highest BCUT2D eigenvalue weighted by Crippen LogP contribution is 2.38. The number of carbonyl (C=O) groups excluding carboxylic acids is 2. The summed E-state index contributed by atoms with van der Waals surface area (Å²) < 4.78 is 0. The zero-order chi connectivity index (χ0) is 22.2. The molecule has 1 fully saturated rings. The van der Waals surface area contributed by atoms with Gasteiger partial charge in [0.2, 0.25) is 0 Å². The second-order valence-corrected chi connectivity index (χ2v) is 7.62. The molecular formula is C24H21N3O4. The molecule has 0 aliphatic carbocycles. The highest BCUT2D eigenvalue weighted by molar-refractivity contribution is 6.09. The molecule has 0 unspecified atom stereocenters. The summed E-state index contributed by atoms with van der Waals surface area (Å²) >= 11 is 0. The highest BCUT2D eigenvalue weighted by Gasteiger charge is 2.53. The van der Waals surface area contributed by atoms with E-state index < -0.39 is 22.4 Å². The van der Waals surface area contributed by atoms with Crippen molar-refractivity contribution in [3.05, 3.63) is 111 Å². The number of benzene rings is 3. The van der Waals surface area contributed by atoms with Crippen LogP contribution in [0.2, 0.25) is 0 Å². The van der Waals surface area contributed by atoms with Crippen molar-refractivity contribution in [1.82, 2.24) is 10.2 Å². The molecule has 1 heterocycles. The second-order valence-electron chi connectivity index (χ2n) is 7.62.